The topological polar surface area (TPSA) is 46.5 Å². The number of carbonyl (C=O) groups is 1. The molecule has 0 radical (unpaired) electrons. The molecular weight excluding hydrogens is 200 g/mol. The van der Waals surface area contributed by atoms with E-state index < -0.39 is 0 Å². The van der Waals surface area contributed by atoms with E-state index in [1.807, 2.05) is 6.92 Å². The highest BCUT2D eigenvalue weighted by Gasteiger charge is 1.94. The van der Waals surface area contributed by atoms with E-state index in [9.17, 15) is 4.79 Å². The number of rotatable bonds is 2. The summed E-state index contributed by atoms with van der Waals surface area (Å²) in [6, 6.07) is 0. The van der Waals surface area contributed by atoms with Crippen LogP contribution in [0.25, 0.3) is 0 Å². The van der Waals surface area contributed by atoms with Gasteiger partial charge in [-0.05, 0) is 13.3 Å². The molecule has 0 rings (SSSR count). The molecule has 62 valence electrons. The molecular formula is C6H13BrO3. The quantitative estimate of drug-likeness (QED) is 0.758. The first-order chi connectivity index (χ1) is 4.72. The summed E-state index contributed by atoms with van der Waals surface area (Å²) in [7, 11) is 0. The van der Waals surface area contributed by atoms with Crippen molar-refractivity contribution < 1.29 is 13.7 Å². The summed E-state index contributed by atoms with van der Waals surface area (Å²) in [6.07, 6.45) is 1.33. The number of aliphatic hydroxyl groups is 1. The Morgan fingerprint density at radius 1 is 1.60 bits per heavy atom. The minimum absolute atomic E-state index is 0.206. The van der Waals surface area contributed by atoms with Crippen LogP contribution in [0.5, 0.6) is 0 Å². The van der Waals surface area contributed by atoms with Crippen molar-refractivity contribution in [3.05, 3.63) is 0 Å². The average molecular weight is 213 g/mol. The standard InChI is InChI=1S/C4H7BrO2.C2H6O/c1-2-3-4(6)7-5;1-2-3/h2-3H2,1H3;3H,2H2,1H3. The minimum atomic E-state index is -0.206. The van der Waals surface area contributed by atoms with Crippen molar-refractivity contribution in [1.82, 2.24) is 0 Å². The van der Waals surface area contributed by atoms with Gasteiger partial charge in [-0.15, -0.1) is 0 Å². The molecule has 0 aliphatic rings. The predicted octanol–water partition coefficient (Wildman–Crippen LogP) is 1.64. The van der Waals surface area contributed by atoms with Crippen LogP contribution >= 0.6 is 16.3 Å². The number of halogens is 1. The van der Waals surface area contributed by atoms with Gasteiger partial charge >= 0.3 is 5.97 Å². The molecule has 0 amide bonds. The molecule has 0 saturated heterocycles. The van der Waals surface area contributed by atoms with Crippen molar-refractivity contribution in [2.75, 3.05) is 6.61 Å². The van der Waals surface area contributed by atoms with Gasteiger partial charge in [-0.2, -0.15) is 0 Å². The van der Waals surface area contributed by atoms with E-state index in [0.29, 0.717) is 6.42 Å². The first kappa shape index (κ1) is 12.6. The molecule has 0 aromatic rings. The van der Waals surface area contributed by atoms with Crippen molar-refractivity contribution in [1.29, 1.82) is 0 Å². The van der Waals surface area contributed by atoms with Gasteiger partial charge in [-0.25, -0.2) is 0 Å². The lowest BCUT2D eigenvalue weighted by Gasteiger charge is -1.87. The maximum atomic E-state index is 10.1. The van der Waals surface area contributed by atoms with E-state index in [0.717, 1.165) is 6.42 Å². The highest BCUT2D eigenvalue weighted by molar-refractivity contribution is 9.06. The monoisotopic (exact) mass is 212 g/mol. The molecule has 0 aromatic carbocycles. The highest BCUT2D eigenvalue weighted by Crippen LogP contribution is 1.93. The third-order valence-electron chi connectivity index (χ3n) is 0.540. The zero-order chi connectivity index (χ0) is 8.41. The van der Waals surface area contributed by atoms with Crippen LogP contribution in [0.4, 0.5) is 0 Å². The molecule has 0 aromatic heterocycles. The van der Waals surface area contributed by atoms with Crippen molar-refractivity contribution in [3.63, 3.8) is 0 Å². The van der Waals surface area contributed by atoms with Crippen molar-refractivity contribution in [3.8, 4) is 0 Å². The zero-order valence-electron chi connectivity index (χ0n) is 6.26. The molecule has 0 bridgehead atoms. The van der Waals surface area contributed by atoms with Crippen LogP contribution in [0, 0.1) is 0 Å². The minimum Gasteiger partial charge on any atom is -0.397 e. The van der Waals surface area contributed by atoms with Gasteiger partial charge in [0.2, 0.25) is 0 Å². The molecule has 0 aliphatic carbocycles. The van der Waals surface area contributed by atoms with E-state index in [4.69, 9.17) is 5.11 Å². The van der Waals surface area contributed by atoms with E-state index in [1.165, 1.54) is 0 Å². The number of aliphatic hydroxyl groups excluding tert-OH is 1. The SMILES string of the molecule is CCCC(=O)OBr.CCO. The van der Waals surface area contributed by atoms with Crippen LogP contribution in [0.3, 0.4) is 0 Å². The normalized spacial score (nSPS) is 7.60. The molecule has 0 fully saturated rings. The molecule has 0 saturated carbocycles. The molecule has 0 spiro atoms. The van der Waals surface area contributed by atoms with Gasteiger partial charge in [-0.1, -0.05) is 6.92 Å². The summed E-state index contributed by atoms with van der Waals surface area (Å²) in [5.41, 5.74) is 0. The Morgan fingerprint density at radius 3 is 2.10 bits per heavy atom. The number of hydrogen-bond acceptors (Lipinski definition) is 3. The maximum Gasteiger partial charge on any atom is 0.317 e. The first-order valence-electron chi connectivity index (χ1n) is 3.15. The highest BCUT2D eigenvalue weighted by atomic mass is 79.9. The Hall–Kier alpha value is -0.0900. The fourth-order valence-electron chi connectivity index (χ4n) is 0.243. The second-order valence-electron chi connectivity index (χ2n) is 1.52. The lowest BCUT2D eigenvalue weighted by atomic mass is 10.4. The molecule has 0 atom stereocenters. The molecule has 1 N–H and O–H groups in total. The second kappa shape index (κ2) is 11.7. The van der Waals surface area contributed by atoms with Crippen LogP contribution in [-0.2, 0) is 8.62 Å². The van der Waals surface area contributed by atoms with Gasteiger partial charge in [0.1, 0.15) is 0 Å². The Morgan fingerprint density at radius 2 is 2.00 bits per heavy atom. The summed E-state index contributed by atoms with van der Waals surface area (Å²) in [6.45, 7) is 3.85. The molecule has 4 heteroatoms. The smallest absolute Gasteiger partial charge is 0.317 e. The molecule has 0 heterocycles. The van der Waals surface area contributed by atoms with Gasteiger partial charge in [0.15, 0.2) is 16.3 Å². The molecule has 10 heavy (non-hydrogen) atoms. The molecule has 3 nitrogen and oxygen atoms in total. The lowest BCUT2D eigenvalue weighted by Crippen LogP contribution is -1.92. The van der Waals surface area contributed by atoms with E-state index >= 15 is 0 Å². The maximum absolute atomic E-state index is 10.1. The largest absolute Gasteiger partial charge is 0.397 e. The Kier molecular flexibility index (Phi) is 14.7. The third kappa shape index (κ3) is 15.7. The average Bonchev–Trinajstić information content (AvgIpc) is 1.90. The second-order valence-corrected chi connectivity index (χ2v) is 1.84. The Balaban J connectivity index is 0. The fraction of sp³-hybridized carbons (Fsp3) is 0.833. The predicted molar refractivity (Wildman–Crippen MR) is 42.7 cm³/mol. The third-order valence-corrected chi connectivity index (χ3v) is 0.901. The Labute approximate surface area is 69.8 Å². The number of carbonyl (C=O) groups excluding carboxylic acids is 1. The summed E-state index contributed by atoms with van der Waals surface area (Å²) in [5.74, 6) is -0.206. The van der Waals surface area contributed by atoms with Crippen LogP contribution in [0.1, 0.15) is 26.7 Å². The van der Waals surface area contributed by atoms with Crippen LogP contribution in [0.15, 0.2) is 0 Å². The van der Waals surface area contributed by atoms with Crippen LogP contribution in [-0.4, -0.2) is 17.7 Å². The van der Waals surface area contributed by atoms with Gasteiger partial charge in [0.25, 0.3) is 0 Å². The van der Waals surface area contributed by atoms with Gasteiger partial charge in [0, 0.05) is 13.0 Å². The van der Waals surface area contributed by atoms with Crippen molar-refractivity contribution >= 4 is 22.2 Å². The summed E-state index contributed by atoms with van der Waals surface area (Å²) in [5, 5.41) is 7.57. The fourth-order valence-corrected chi connectivity index (χ4v) is 0.405. The molecule has 0 unspecified atom stereocenters. The molecule has 0 aliphatic heterocycles. The van der Waals surface area contributed by atoms with Crippen LogP contribution < -0.4 is 0 Å². The van der Waals surface area contributed by atoms with Gasteiger partial charge in [-0.3, -0.25) is 4.79 Å². The van der Waals surface area contributed by atoms with Gasteiger partial charge < -0.3 is 8.93 Å². The number of hydrogen-bond donors (Lipinski definition) is 1. The lowest BCUT2D eigenvalue weighted by molar-refractivity contribution is -0.132. The van der Waals surface area contributed by atoms with E-state index in [2.05, 4.69) is 20.1 Å². The summed E-state index contributed by atoms with van der Waals surface area (Å²) >= 11 is 2.57. The van der Waals surface area contributed by atoms with E-state index in [1.54, 1.807) is 6.92 Å². The van der Waals surface area contributed by atoms with Gasteiger partial charge in [0.05, 0.1) is 0 Å². The van der Waals surface area contributed by atoms with E-state index in [-0.39, 0.29) is 12.6 Å². The Bertz CT molecular complexity index is 75.4. The van der Waals surface area contributed by atoms with Crippen LogP contribution in [0.2, 0.25) is 0 Å². The van der Waals surface area contributed by atoms with Crippen molar-refractivity contribution in [2.45, 2.75) is 26.7 Å². The summed E-state index contributed by atoms with van der Waals surface area (Å²) in [4.78, 5) is 10.1. The van der Waals surface area contributed by atoms with Crippen molar-refractivity contribution in [2.24, 2.45) is 0 Å². The first-order valence-corrected chi connectivity index (χ1v) is 3.79. The zero-order valence-corrected chi connectivity index (χ0v) is 7.85. The summed E-state index contributed by atoms with van der Waals surface area (Å²) < 4.78 is 4.16.